The van der Waals surface area contributed by atoms with Gasteiger partial charge in [-0.05, 0) is 43.9 Å². The fourth-order valence-electron chi connectivity index (χ4n) is 3.04. The average molecular weight is 427 g/mol. The lowest BCUT2D eigenvalue weighted by Gasteiger charge is -2.26. The number of benzene rings is 1. The van der Waals surface area contributed by atoms with E-state index in [4.69, 9.17) is 11.6 Å². The van der Waals surface area contributed by atoms with Gasteiger partial charge >= 0.3 is 0 Å². The molecular formula is C17H19ClN4O3S2. The number of sulfonamides is 1. The van der Waals surface area contributed by atoms with Crippen molar-refractivity contribution in [2.75, 3.05) is 18.4 Å². The third kappa shape index (κ3) is 4.01. The van der Waals surface area contributed by atoms with Crippen molar-refractivity contribution in [1.82, 2.24) is 14.5 Å². The zero-order valence-corrected chi connectivity index (χ0v) is 16.9. The molecule has 1 amide bonds. The van der Waals surface area contributed by atoms with E-state index in [1.165, 1.54) is 33.8 Å². The fourth-order valence-corrected chi connectivity index (χ4v) is 5.69. The summed E-state index contributed by atoms with van der Waals surface area (Å²) in [6.45, 7) is 1.00. The Kier molecular flexibility index (Phi) is 5.19. The maximum atomic E-state index is 12.8. The highest BCUT2D eigenvalue weighted by Crippen LogP contribution is 2.42. The lowest BCUT2D eigenvalue weighted by Crippen LogP contribution is -2.35. The minimum atomic E-state index is -3.64. The Morgan fingerprint density at radius 1 is 1.19 bits per heavy atom. The van der Waals surface area contributed by atoms with E-state index in [2.05, 4.69) is 15.5 Å². The van der Waals surface area contributed by atoms with E-state index in [1.807, 2.05) is 0 Å². The van der Waals surface area contributed by atoms with E-state index in [0.29, 0.717) is 24.1 Å². The summed E-state index contributed by atoms with van der Waals surface area (Å²) < 4.78 is 27.2. The largest absolute Gasteiger partial charge is 0.296 e. The summed E-state index contributed by atoms with van der Waals surface area (Å²) in [4.78, 5) is 12.7. The maximum absolute atomic E-state index is 12.8. The van der Waals surface area contributed by atoms with Gasteiger partial charge in [0.25, 0.3) is 5.91 Å². The van der Waals surface area contributed by atoms with Crippen LogP contribution in [-0.2, 0) is 10.0 Å². The van der Waals surface area contributed by atoms with E-state index in [-0.39, 0.29) is 15.5 Å². The zero-order chi connectivity index (χ0) is 19.0. The molecule has 1 aliphatic heterocycles. The molecule has 2 fully saturated rings. The number of aromatic nitrogens is 2. The molecule has 10 heteroatoms. The van der Waals surface area contributed by atoms with Crippen LogP contribution >= 0.6 is 22.9 Å². The van der Waals surface area contributed by atoms with Crippen molar-refractivity contribution in [3.8, 4) is 0 Å². The van der Waals surface area contributed by atoms with Gasteiger partial charge in [0.15, 0.2) is 0 Å². The molecule has 2 aromatic rings. The number of carbonyl (C=O) groups excluding carboxylic acids is 1. The minimum Gasteiger partial charge on any atom is -0.296 e. The molecule has 2 aliphatic rings. The van der Waals surface area contributed by atoms with Crippen LogP contribution in [0, 0.1) is 0 Å². The number of nitrogens with one attached hydrogen (secondary N) is 1. The van der Waals surface area contributed by atoms with Crippen LogP contribution in [0.2, 0.25) is 5.02 Å². The van der Waals surface area contributed by atoms with E-state index >= 15 is 0 Å². The van der Waals surface area contributed by atoms with Crippen LogP contribution < -0.4 is 5.32 Å². The molecule has 1 saturated carbocycles. The smallest absolute Gasteiger partial charge is 0.259 e. The molecule has 7 nitrogen and oxygen atoms in total. The highest BCUT2D eigenvalue weighted by molar-refractivity contribution is 7.89. The van der Waals surface area contributed by atoms with E-state index in [9.17, 15) is 13.2 Å². The Balaban J connectivity index is 1.56. The number of anilines is 1. The Bertz CT molecular complexity index is 966. The van der Waals surface area contributed by atoms with E-state index in [0.717, 1.165) is 37.1 Å². The molecule has 1 aromatic heterocycles. The van der Waals surface area contributed by atoms with Crippen LogP contribution in [0.25, 0.3) is 0 Å². The standard InChI is InChI=1S/C17H19ClN4O3S2/c18-14-7-6-12(27(24,25)22-8-2-1-3-9-22)10-13(14)15(23)19-17-21-20-16(26-17)11-4-5-11/h6-7,10-11H,1-5,8-9H2,(H,19,21,23). The molecule has 2 heterocycles. The van der Waals surface area contributed by atoms with Crippen molar-refractivity contribution in [2.45, 2.75) is 42.9 Å². The van der Waals surface area contributed by atoms with Crippen LogP contribution in [0.3, 0.4) is 0 Å². The number of amides is 1. The molecule has 0 spiro atoms. The maximum Gasteiger partial charge on any atom is 0.259 e. The zero-order valence-electron chi connectivity index (χ0n) is 14.5. The van der Waals surface area contributed by atoms with Crippen LogP contribution in [-0.4, -0.2) is 41.9 Å². The number of piperidine rings is 1. The van der Waals surface area contributed by atoms with Crippen LogP contribution in [0.5, 0.6) is 0 Å². The summed E-state index contributed by atoms with van der Waals surface area (Å²) in [6, 6.07) is 4.23. The van der Waals surface area contributed by atoms with Gasteiger partial charge < -0.3 is 0 Å². The third-order valence-corrected chi connectivity index (χ3v) is 7.95. The number of rotatable bonds is 5. The molecule has 1 aliphatic carbocycles. The SMILES string of the molecule is O=C(Nc1nnc(C2CC2)s1)c1cc(S(=O)(=O)N2CCCCC2)ccc1Cl. The second-order valence-electron chi connectivity index (χ2n) is 6.78. The molecule has 27 heavy (non-hydrogen) atoms. The first kappa shape index (κ1) is 18.8. The predicted octanol–water partition coefficient (Wildman–Crippen LogP) is 3.50. The van der Waals surface area contributed by atoms with Gasteiger partial charge in [-0.3, -0.25) is 10.1 Å². The van der Waals surface area contributed by atoms with Crippen molar-refractivity contribution in [2.24, 2.45) is 0 Å². The molecule has 1 N–H and O–H groups in total. The summed E-state index contributed by atoms with van der Waals surface area (Å²) in [5.41, 5.74) is 0.109. The van der Waals surface area contributed by atoms with Crippen molar-refractivity contribution in [3.05, 3.63) is 33.8 Å². The number of nitrogens with zero attached hydrogens (tertiary/aromatic N) is 3. The van der Waals surface area contributed by atoms with E-state index < -0.39 is 15.9 Å². The quantitative estimate of drug-likeness (QED) is 0.789. The average Bonchev–Trinajstić information content (AvgIpc) is 3.42. The number of hydrogen-bond donors (Lipinski definition) is 1. The fraction of sp³-hybridized carbons (Fsp3) is 0.471. The van der Waals surface area contributed by atoms with Crippen molar-refractivity contribution in [1.29, 1.82) is 0 Å². The number of halogens is 1. The van der Waals surface area contributed by atoms with E-state index in [1.54, 1.807) is 0 Å². The molecule has 1 aromatic carbocycles. The second-order valence-corrected chi connectivity index (χ2v) is 10.1. The summed E-state index contributed by atoms with van der Waals surface area (Å²) in [6.07, 6.45) is 4.93. The highest BCUT2D eigenvalue weighted by atomic mass is 35.5. The summed E-state index contributed by atoms with van der Waals surface area (Å²) in [5.74, 6) is -0.0380. The van der Waals surface area contributed by atoms with Gasteiger partial charge in [-0.2, -0.15) is 4.31 Å². The molecule has 1 saturated heterocycles. The third-order valence-electron chi connectivity index (χ3n) is 4.72. The van der Waals surface area contributed by atoms with Gasteiger partial charge in [-0.15, -0.1) is 10.2 Å². The molecule has 0 atom stereocenters. The van der Waals surface area contributed by atoms with Crippen molar-refractivity contribution >= 4 is 44.0 Å². The second kappa shape index (κ2) is 7.46. The first-order valence-electron chi connectivity index (χ1n) is 8.89. The van der Waals surface area contributed by atoms with Crippen molar-refractivity contribution < 1.29 is 13.2 Å². The Labute approximate surface area is 166 Å². The monoisotopic (exact) mass is 426 g/mol. The normalized spacial score (nSPS) is 18.4. The van der Waals surface area contributed by atoms with Gasteiger partial charge in [0, 0.05) is 19.0 Å². The minimum absolute atomic E-state index is 0.0786. The van der Waals surface area contributed by atoms with Crippen molar-refractivity contribution in [3.63, 3.8) is 0 Å². The van der Waals surface area contributed by atoms with Gasteiger partial charge in [0.05, 0.1) is 15.5 Å². The lowest BCUT2D eigenvalue weighted by atomic mass is 10.2. The summed E-state index contributed by atoms with van der Waals surface area (Å²) >= 11 is 7.50. The topological polar surface area (TPSA) is 92.3 Å². The molecular weight excluding hydrogens is 408 g/mol. The predicted molar refractivity (Wildman–Crippen MR) is 104 cm³/mol. The first-order chi connectivity index (χ1) is 12.9. The summed E-state index contributed by atoms with van der Waals surface area (Å²) in [7, 11) is -3.64. The van der Waals surface area contributed by atoms with Gasteiger partial charge in [0.1, 0.15) is 5.01 Å². The molecule has 0 unspecified atom stereocenters. The Morgan fingerprint density at radius 2 is 1.93 bits per heavy atom. The van der Waals surface area contributed by atoms with Crippen LogP contribution in [0.4, 0.5) is 5.13 Å². The Morgan fingerprint density at radius 3 is 2.63 bits per heavy atom. The van der Waals surface area contributed by atoms with Crippen LogP contribution in [0.15, 0.2) is 23.1 Å². The number of carbonyl (C=O) groups is 1. The van der Waals surface area contributed by atoms with Crippen LogP contribution in [0.1, 0.15) is 53.4 Å². The number of hydrogen-bond acceptors (Lipinski definition) is 6. The first-order valence-corrected chi connectivity index (χ1v) is 11.5. The lowest BCUT2D eigenvalue weighted by molar-refractivity contribution is 0.102. The molecule has 4 rings (SSSR count). The highest BCUT2D eigenvalue weighted by Gasteiger charge is 2.29. The molecule has 144 valence electrons. The van der Waals surface area contributed by atoms with Gasteiger partial charge in [-0.25, -0.2) is 8.42 Å². The molecule has 0 radical (unpaired) electrons. The van der Waals surface area contributed by atoms with Gasteiger partial charge in [0.2, 0.25) is 15.2 Å². The van der Waals surface area contributed by atoms with Gasteiger partial charge in [-0.1, -0.05) is 29.4 Å². The summed E-state index contributed by atoms with van der Waals surface area (Å²) in [5, 5.41) is 12.2. The molecule has 0 bridgehead atoms. The Hall–Kier alpha value is -1.55.